The van der Waals surface area contributed by atoms with Gasteiger partial charge < -0.3 is 9.64 Å². The summed E-state index contributed by atoms with van der Waals surface area (Å²) >= 11 is 0. The molecule has 2 fully saturated rings. The Hall–Kier alpha value is -2.44. The molecule has 1 amide bonds. The Labute approximate surface area is 145 Å². The lowest BCUT2D eigenvalue weighted by Crippen LogP contribution is -2.41. The predicted molar refractivity (Wildman–Crippen MR) is 88.6 cm³/mol. The highest BCUT2D eigenvalue weighted by molar-refractivity contribution is 5.78. The first kappa shape index (κ1) is 16.1. The van der Waals surface area contributed by atoms with Gasteiger partial charge in [0.15, 0.2) is 12.4 Å². The van der Waals surface area contributed by atoms with Crippen molar-refractivity contribution in [3.05, 3.63) is 41.7 Å². The number of amides is 1. The number of halogens is 1. The molecule has 7 heteroatoms. The Bertz CT molecular complexity index is 742. The fraction of sp³-hybridized carbons (Fsp3) is 0.500. The van der Waals surface area contributed by atoms with Crippen molar-refractivity contribution < 1.29 is 13.9 Å². The standard InChI is InChI=1S/C18H21FN4O2/c19-13-6-8-14(9-7-13)25-11-16(24)23-10-2-1-3-15(23)18-20-17(21-22-18)12-4-5-12/h6-9,12,15H,1-5,10-11H2,(H,20,21,22). The number of benzene rings is 1. The smallest absolute Gasteiger partial charge is 0.261 e. The zero-order valence-electron chi connectivity index (χ0n) is 13.9. The number of hydrogen-bond donors (Lipinski definition) is 1. The molecule has 25 heavy (non-hydrogen) atoms. The van der Waals surface area contributed by atoms with E-state index in [0.717, 1.165) is 43.8 Å². The average Bonchev–Trinajstić information content (AvgIpc) is 3.38. The van der Waals surface area contributed by atoms with Crippen LogP contribution in [0.5, 0.6) is 5.75 Å². The third kappa shape index (κ3) is 3.65. The lowest BCUT2D eigenvalue weighted by Gasteiger charge is -2.34. The van der Waals surface area contributed by atoms with Crippen molar-refractivity contribution in [2.75, 3.05) is 13.2 Å². The second-order valence-corrected chi connectivity index (χ2v) is 6.69. The number of hydrogen-bond acceptors (Lipinski definition) is 4. The van der Waals surface area contributed by atoms with Crippen molar-refractivity contribution in [2.45, 2.75) is 44.1 Å². The maximum absolute atomic E-state index is 12.9. The van der Waals surface area contributed by atoms with Crippen molar-refractivity contribution in [1.29, 1.82) is 0 Å². The van der Waals surface area contributed by atoms with Crippen LogP contribution in [0, 0.1) is 5.82 Å². The molecule has 1 N–H and O–H groups in total. The molecule has 0 radical (unpaired) electrons. The Balaban J connectivity index is 1.42. The van der Waals surface area contributed by atoms with Crippen LogP contribution in [-0.2, 0) is 4.79 Å². The van der Waals surface area contributed by atoms with Gasteiger partial charge in [0, 0.05) is 12.5 Å². The van der Waals surface area contributed by atoms with E-state index in [0.29, 0.717) is 18.2 Å². The summed E-state index contributed by atoms with van der Waals surface area (Å²) in [6.45, 7) is 0.626. The van der Waals surface area contributed by atoms with Crippen LogP contribution in [0.15, 0.2) is 24.3 Å². The minimum atomic E-state index is -0.327. The third-order valence-corrected chi connectivity index (χ3v) is 4.78. The Morgan fingerprint density at radius 1 is 1.24 bits per heavy atom. The van der Waals surface area contributed by atoms with Crippen LogP contribution in [-0.4, -0.2) is 39.1 Å². The average molecular weight is 344 g/mol. The summed E-state index contributed by atoms with van der Waals surface area (Å²) in [7, 11) is 0. The van der Waals surface area contributed by atoms with Crippen LogP contribution in [0.2, 0.25) is 0 Å². The first-order valence-corrected chi connectivity index (χ1v) is 8.81. The van der Waals surface area contributed by atoms with Gasteiger partial charge in [0.1, 0.15) is 17.4 Å². The van der Waals surface area contributed by atoms with E-state index in [1.165, 1.54) is 24.3 Å². The Kier molecular flexibility index (Phi) is 4.38. The lowest BCUT2D eigenvalue weighted by molar-refractivity contribution is -0.137. The van der Waals surface area contributed by atoms with Crippen LogP contribution in [0.4, 0.5) is 4.39 Å². The highest BCUT2D eigenvalue weighted by Gasteiger charge is 2.33. The van der Waals surface area contributed by atoms with E-state index >= 15 is 0 Å². The fourth-order valence-electron chi connectivity index (χ4n) is 3.23. The van der Waals surface area contributed by atoms with Gasteiger partial charge in [-0.05, 0) is 56.4 Å². The van der Waals surface area contributed by atoms with Crippen molar-refractivity contribution in [3.63, 3.8) is 0 Å². The van der Waals surface area contributed by atoms with Gasteiger partial charge in [-0.25, -0.2) is 9.37 Å². The van der Waals surface area contributed by atoms with Gasteiger partial charge in [0.25, 0.3) is 5.91 Å². The van der Waals surface area contributed by atoms with Crippen LogP contribution < -0.4 is 4.74 Å². The summed E-state index contributed by atoms with van der Waals surface area (Å²) in [4.78, 5) is 19.1. The molecule has 1 unspecified atom stereocenters. The van der Waals surface area contributed by atoms with Crippen LogP contribution in [0.25, 0.3) is 0 Å². The number of aromatic nitrogens is 3. The van der Waals surface area contributed by atoms with E-state index in [2.05, 4.69) is 15.2 Å². The molecule has 0 spiro atoms. The number of ether oxygens (including phenoxy) is 1. The van der Waals surface area contributed by atoms with Gasteiger partial charge in [-0.1, -0.05) is 0 Å². The summed E-state index contributed by atoms with van der Waals surface area (Å²) in [5, 5.41) is 7.33. The van der Waals surface area contributed by atoms with Gasteiger partial charge in [-0.15, -0.1) is 0 Å². The number of carbonyl (C=O) groups is 1. The van der Waals surface area contributed by atoms with Crippen molar-refractivity contribution in [1.82, 2.24) is 20.1 Å². The van der Waals surface area contributed by atoms with Gasteiger partial charge in [0.05, 0.1) is 6.04 Å². The number of aromatic amines is 1. The number of carbonyl (C=O) groups excluding carboxylic acids is 1. The van der Waals surface area contributed by atoms with Crippen molar-refractivity contribution in [2.24, 2.45) is 0 Å². The van der Waals surface area contributed by atoms with E-state index in [1.807, 2.05) is 4.90 Å². The molecule has 6 nitrogen and oxygen atoms in total. The monoisotopic (exact) mass is 344 g/mol. The predicted octanol–water partition coefficient (Wildman–Crippen LogP) is 2.95. The highest BCUT2D eigenvalue weighted by Crippen LogP contribution is 2.39. The molecule has 1 saturated carbocycles. The SMILES string of the molecule is O=C(COc1ccc(F)cc1)N1CCCCC1c1nc(C2CC2)n[nH]1. The maximum atomic E-state index is 12.9. The second-order valence-electron chi connectivity index (χ2n) is 6.69. The van der Waals surface area contributed by atoms with Gasteiger partial charge in [-0.2, -0.15) is 5.10 Å². The number of likely N-dealkylation sites (tertiary alicyclic amines) is 1. The van der Waals surface area contributed by atoms with E-state index in [-0.39, 0.29) is 24.4 Å². The number of nitrogens with zero attached hydrogens (tertiary/aromatic N) is 3. The molecule has 1 aromatic heterocycles. The third-order valence-electron chi connectivity index (χ3n) is 4.78. The van der Waals surface area contributed by atoms with E-state index in [1.54, 1.807) is 0 Å². The zero-order valence-corrected chi connectivity index (χ0v) is 13.9. The van der Waals surface area contributed by atoms with Crippen molar-refractivity contribution >= 4 is 5.91 Å². The minimum absolute atomic E-state index is 0.0637. The number of nitrogens with one attached hydrogen (secondary N) is 1. The zero-order chi connectivity index (χ0) is 17.2. The van der Waals surface area contributed by atoms with Crippen LogP contribution in [0.3, 0.4) is 0 Å². The molecule has 1 aromatic carbocycles. The number of rotatable bonds is 5. The number of H-pyrrole nitrogens is 1. The molecule has 2 heterocycles. The quantitative estimate of drug-likeness (QED) is 0.905. The molecule has 2 aromatic rings. The molecular weight excluding hydrogens is 323 g/mol. The van der Waals surface area contributed by atoms with Crippen LogP contribution in [0.1, 0.15) is 55.7 Å². The molecule has 2 aliphatic rings. The summed E-state index contributed by atoms with van der Waals surface area (Å²) in [5.41, 5.74) is 0. The molecule has 132 valence electrons. The van der Waals surface area contributed by atoms with Gasteiger partial charge in [-0.3, -0.25) is 9.89 Å². The lowest BCUT2D eigenvalue weighted by atomic mass is 10.0. The molecule has 4 rings (SSSR count). The molecule has 0 bridgehead atoms. The van der Waals surface area contributed by atoms with Crippen molar-refractivity contribution in [3.8, 4) is 5.75 Å². The fourth-order valence-corrected chi connectivity index (χ4v) is 3.23. The van der Waals surface area contributed by atoms with E-state index in [9.17, 15) is 9.18 Å². The summed E-state index contributed by atoms with van der Waals surface area (Å²) in [6.07, 6.45) is 5.21. The first-order chi connectivity index (χ1) is 12.2. The first-order valence-electron chi connectivity index (χ1n) is 8.81. The van der Waals surface area contributed by atoms with E-state index < -0.39 is 0 Å². The topological polar surface area (TPSA) is 71.1 Å². The summed E-state index contributed by atoms with van der Waals surface area (Å²) < 4.78 is 18.4. The second kappa shape index (κ2) is 6.82. The Morgan fingerprint density at radius 2 is 2.04 bits per heavy atom. The molecule has 1 aliphatic heterocycles. The molecule has 1 aliphatic carbocycles. The normalized spacial score (nSPS) is 20.5. The number of piperidine rings is 1. The largest absolute Gasteiger partial charge is 0.484 e. The highest BCUT2D eigenvalue weighted by atomic mass is 19.1. The molecule has 1 saturated heterocycles. The maximum Gasteiger partial charge on any atom is 0.261 e. The van der Waals surface area contributed by atoms with Gasteiger partial charge in [0.2, 0.25) is 0 Å². The summed E-state index contributed by atoms with van der Waals surface area (Å²) in [5.74, 6) is 2.20. The molecule has 1 atom stereocenters. The molecular formula is C18H21FN4O2. The van der Waals surface area contributed by atoms with Crippen LogP contribution >= 0.6 is 0 Å². The van der Waals surface area contributed by atoms with Gasteiger partial charge >= 0.3 is 0 Å². The summed E-state index contributed by atoms with van der Waals surface area (Å²) in [6, 6.07) is 5.61. The minimum Gasteiger partial charge on any atom is -0.484 e. The Morgan fingerprint density at radius 3 is 2.80 bits per heavy atom. The van der Waals surface area contributed by atoms with E-state index in [4.69, 9.17) is 4.74 Å².